The van der Waals surface area contributed by atoms with Crippen molar-refractivity contribution < 1.29 is 9.90 Å². The van der Waals surface area contributed by atoms with Gasteiger partial charge < -0.3 is 15.4 Å². The molecule has 1 aromatic rings. The lowest BCUT2D eigenvalue weighted by Gasteiger charge is -2.12. The van der Waals surface area contributed by atoms with Gasteiger partial charge in [0.15, 0.2) is 0 Å². The number of carbonyl (C=O) groups excluding carboxylic acids is 1. The van der Waals surface area contributed by atoms with Gasteiger partial charge in [0.1, 0.15) is 5.69 Å². The summed E-state index contributed by atoms with van der Waals surface area (Å²) in [6.07, 6.45) is 2.48. The number of hydrogen-bond acceptors (Lipinski definition) is 2. The lowest BCUT2D eigenvalue weighted by Crippen LogP contribution is -2.37. The molecule has 0 fully saturated rings. The van der Waals surface area contributed by atoms with Crippen LogP contribution in [0.3, 0.4) is 0 Å². The average Bonchev–Trinajstić information content (AvgIpc) is 2.61. The Kier molecular flexibility index (Phi) is 4.40. The average molecular weight is 308 g/mol. The number of aromatic nitrogens is 1. The Morgan fingerprint density at radius 3 is 2.93 bits per heavy atom. The molecule has 5 heteroatoms. The van der Waals surface area contributed by atoms with Crippen LogP contribution < -0.4 is 5.32 Å². The van der Waals surface area contributed by atoms with Crippen molar-refractivity contribution in [3.63, 3.8) is 0 Å². The van der Waals surface area contributed by atoms with E-state index in [0.717, 1.165) is 9.99 Å². The van der Waals surface area contributed by atoms with Crippen molar-refractivity contribution in [3.05, 3.63) is 21.5 Å². The molecule has 0 bridgehead atoms. The predicted octanol–water partition coefficient (Wildman–Crippen LogP) is 1.12. The van der Waals surface area contributed by atoms with Crippen LogP contribution in [0.4, 0.5) is 0 Å². The van der Waals surface area contributed by atoms with Crippen molar-refractivity contribution in [1.29, 1.82) is 0 Å². The Balaban J connectivity index is 2.58. The SMILES string of the molecule is CCC(CO)NC(=O)c1cc(I)c[nH]1. The fourth-order valence-corrected chi connectivity index (χ4v) is 1.51. The molecule has 1 rings (SSSR count). The maximum atomic E-state index is 11.5. The number of rotatable bonds is 4. The summed E-state index contributed by atoms with van der Waals surface area (Å²) < 4.78 is 0.991. The lowest BCUT2D eigenvalue weighted by molar-refractivity contribution is 0.0910. The van der Waals surface area contributed by atoms with Gasteiger partial charge in [-0.1, -0.05) is 6.92 Å². The number of aliphatic hydroxyl groups is 1. The summed E-state index contributed by atoms with van der Waals surface area (Å²) in [5, 5.41) is 11.6. The molecular formula is C9H13IN2O2. The summed E-state index contributed by atoms with van der Waals surface area (Å²) in [6, 6.07) is 1.60. The highest BCUT2D eigenvalue weighted by molar-refractivity contribution is 14.1. The number of aromatic amines is 1. The van der Waals surface area contributed by atoms with E-state index in [9.17, 15) is 4.79 Å². The predicted molar refractivity (Wildman–Crippen MR) is 62.1 cm³/mol. The zero-order chi connectivity index (χ0) is 10.6. The molecule has 1 atom stereocenters. The molecule has 1 aromatic heterocycles. The number of aliphatic hydroxyl groups excluding tert-OH is 1. The van der Waals surface area contributed by atoms with Crippen LogP contribution in [0.2, 0.25) is 0 Å². The summed E-state index contributed by atoms with van der Waals surface area (Å²) in [6.45, 7) is 1.89. The Bertz CT molecular complexity index is 308. The van der Waals surface area contributed by atoms with Crippen LogP contribution in [0.15, 0.2) is 12.3 Å². The summed E-state index contributed by atoms with van der Waals surface area (Å²) in [7, 11) is 0. The highest BCUT2D eigenvalue weighted by Gasteiger charge is 2.12. The largest absolute Gasteiger partial charge is 0.394 e. The molecular weight excluding hydrogens is 295 g/mol. The fourth-order valence-electron chi connectivity index (χ4n) is 1.04. The Morgan fingerprint density at radius 1 is 1.79 bits per heavy atom. The third kappa shape index (κ3) is 2.98. The van der Waals surface area contributed by atoms with Gasteiger partial charge in [0.2, 0.25) is 0 Å². The summed E-state index contributed by atoms with van der Waals surface area (Å²) >= 11 is 2.13. The van der Waals surface area contributed by atoms with Crippen molar-refractivity contribution in [1.82, 2.24) is 10.3 Å². The standard InChI is InChI=1S/C9H13IN2O2/c1-2-7(5-13)12-9(14)8-3-6(10)4-11-8/h3-4,7,11,13H,2,5H2,1H3,(H,12,14). The molecule has 0 saturated carbocycles. The molecule has 4 nitrogen and oxygen atoms in total. The molecule has 1 heterocycles. The molecule has 0 saturated heterocycles. The highest BCUT2D eigenvalue weighted by Crippen LogP contribution is 2.06. The summed E-state index contributed by atoms with van der Waals surface area (Å²) in [5.41, 5.74) is 0.529. The third-order valence-electron chi connectivity index (χ3n) is 1.94. The van der Waals surface area contributed by atoms with E-state index in [-0.39, 0.29) is 18.6 Å². The second-order valence-corrected chi connectivity index (χ2v) is 4.24. The maximum absolute atomic E-state index is 11.5. The lowest BCUT2D eigenvalue weighted by atomic mass is 10.2. The molecule has 78 valence electrons. The molecule has 0 aliphatic heterocycles. The van der Waals surface area contributed by atoms with Crippen LogP contribution in [-0.4, -0.2) is 28.6 Å². The minimum Gasteiger partial charge on any atom is -0.394 e. The molecule has 0 spiro atoms. The van der Waals surface area contributed by atoms with Gasteiger partial charge in [0.25, 0.3) is 5.91 Å². The van der Waals surface area contributed by atoms with E-state index in [2.05, 4.69) is 32.9 Å². The van der Waals surface area contributed by atoms with E-state index >= 15 is 0 Å². The monoisotopic (exact) mass is 308 g/mol. The van der Waals surface area contributed by atoms with Gasteiger partial charge in [-0.25, -0.2) is 0 Å². The van der Waals surface area contributed by atoms with Crippen molar-refractivity contribution >= 4 is 28.5 Å². The number of amides is 1. The molecule has 0 aliphatic carbocycles. The third-order valence-corrected chi connectivity index (χ3v) is 2.56. The van der Waals surface area contributed by atoms with Crippen molar-refractivity contribution in [3.8, 4) is 0 Å². The van der Waals surface area contributed by atoms with Crippen molar-refractivity contribution in [2.24, 2.45) is 0 Å². The summed E-state index contributed by atoms with van der Waals surface area (Å²) in [4.78, 5) is 14.4. The molecule has 0 radical (unpaired) electrons. The molecule has 1 amide bonds. The first-order valence-corrected chi connectivity index (χ1v) is 5.51. The molecule has 3 N–H and O–H groups in total. The Morgan fingerprint density at radius 2 is 2.50 bits per heavy atom. The van der Waals surface area contributed by atoms with Crippen LogP contribution >= 0.6 is 22.6 Å². The van der Waals surface area contributed by atoms with Gasteiger partial charge in [-0.15, -0.1) is 0 Å². The fraction of sp³-hybridized carbons (Fsp3) is 0.444. The van der Waals surface area contributed by atoms with Crippen LogP contribution in [0.25, 0.3) is 0 Å². The van der Waals surface area contributed by atoms with Gasteiger partial charge in [-0.05, 0) is 35.1 Å². The van der Waals surface area contributed by atoms with Crippen LogP contribution in [0.5, 0.6) is 0 Å². The van der Waals surface area contributed by atoms with Crippen LogP contribution in [0, 0.1) is 3.57 Å². The van der Waals surface area contributed by atoms with Crippen LogP contribution in [0.1, 0.15) is 23.8 Å². The number of halogens is 1. The minimum absolute atomic E-state index is 0.0277. The second-order valence-electron chi connectivity index (χ2n) is 2.99. The van der Waals surface area contributed by atoms with Gasteiger partial charge in [0.05, 0.1) is 12.6 Å². The Labute approximate surface area is 96.2 Å². The first kappa shape index (κ1) is 11.5. The molecule has 0 aromatic carbocycles. The van der Waals surface area contributed by atoms with Gasteiger partial charge >= 0.3 is 0 Å². The second kappa shape index (κ2) is 5.35. The van der Waals surface area contributed by atoms with Crippen molar-refractivity contribution in [2.75, 3.05) is 6.61 Å². The van der Waals surface area contributed by atoms with E-state index in [1.165, 1.54) is 0 Å². The van der Waals surface area contributed by atoms with E-state index in [4.69, 9.17) is 5.11 Å². The van der Waals surface area contributed by atoms with Crippen molar-refractivity contribution in [2.45, 2.75) is 19.4 Å². The normalized spacial score (nSPS) is 12.5. The Hall–Kier alpha value is -0.560. The van der Waals surface area contributed by atoms with Gasteiger partial charge in [0, 0.05) is 9.77 Å². The smallest absolute Gasteiger partial charge is 0.268 e. The quantitative estimate of drug-likeness (QED) is 0.730. The zero-order valence-electron chi connectivity index (χ0n) is 7.88. The van der Waals surface area contributed by atoms with Crippen LogP contribution in [-0.2, 0) is 0 Å². The van der Waals surface area contributed by atoms with E-state index in [0.29, 0.717) is 5.69 Å². The number of hydrogen-bond donors (Lipinski definition) is 3. The molecule has 14 heavy (non-hydrogen) atoms. The zero-order valence-corrected chi connectivity index (χ0v) is 10.0. The van der Waals surface area contributed by atoms with Gasteiger partial charge in [-0.3, -0.25) is 4.79 Å². The first-order valence-electron chi connectivity index (χ1n) is 4.43. The number of carbonyl (C=O) groups is 1. The van der Waals surface area contributed by atoms with E-state index in [1.807, 2.05) is 6.92 Å². The van der Waals surface area contributed by atoms with Gasteiger partial charge in [-0.2, -0.15) is 0 Å². The minimum atomic E-state index is -0.172. The summed E-state index contributed by atoms with van der Waals surface area (Å²) in [5.74, 6) is -0.172. The van der Waals surface area contributed by atoms with E-state index in [1.54, 1.807) is 12.3 Å². The molecule has 0 aliphatic rings. The topological polar surface area (TPSA) is 65.1 Å². The number of H-pyrrole nitrogens is 1. The number of nitrogens with one attached hydrogen (secondary N) is 2. The van der Waals surface area contributed by atoms with E-state index < -0.39 is 0 Å². The first-order chi connectivity index (χ1) is 6.67. The molecule has 1 unspecified atom stereocenters. The highest BCUT2D eigenvalue weighted by atomic mass is 127. The maximum Gasteiger partial charge on any atom is 0.268 e.